The number of para-hydroxylation sites is 2. The minimum Gasteiger partial charge on any atom is -0.323 e. The molecule has 0 fully saturated rings. The first-order chi connectivity index (χ1) is 11.7. The Labute approximate surface area is 160 Å². The molecular weight excluding hydrogens is 350 g/mol. The molecule has 0 aromatic heterocycles. The zero-order valence-corrected chi connectivity index (χ0v) is 16.3. The summed E-state index contributed by atoms with van der Waals surface area (Å²) in [6.07, 6.45) is 0. The van der Waals surface area contributed by atoms with E-state index >= 15 is 0 Å². The third kappa shape index (κ3) is 5.58. The lowest BCUT2D eigenvalue weighted by Crippen LogP contribution is -2.32. The van der Waals surface area contributed by atoms with E-state index in [1.54, 1.807) is 43.3 Å². The van der Waals surface area contributed by atoms with Crippen LogP contribution >= 0.6 is 12.4 Å². The van der Waals surface area contributed by atoms with Gasteiger partial charge < -0.3 is 16.4 Å². The van der Waals surface area contributed by atoms with Gasteiger partial charge in [-0.3, -0.25) is 9.59 Å². The molecule has 0 aliphatic rings. The van der Waals surface area contributed by atoms with E-state index in [-0.39, 0.29) is 29.6 Å². The lowest BCUT2D eigenvalue weighted by Gasteiger charge is -2.19. The summed E-state index contributed by atoms with van der Waals surface area (Å²) in [5.41, 5.74) is 8.37. The SMILES string of the molecule is C[C@H](N)C(=O)Nc1ccccc1NC(=O)c1ccc(C(C)(C)C)cc1.Cl. The molecule has 140 valence electrons. The number of hydrogen-bond donors (Lipinski definition) is 3. The molecule has 0 aliphatic heterocycles. The lowest BCUT2D eigenvalue weighted by molar-refractivity contribution is -0.117. The van der Waals surface area contributed by atoms with Crippen molar-refractivity contribution in [2.24, 2.45) is 5.73 Å². The van der Waals surface area contributed by atoms with Gasteiger partial charge >= 0.3 is 0 Å². The van der Waals surface area contributed by atoms with E-state index in [0.29, 0.717) is 16.9 Å². The van der Waals surface area contributed by atoms with Gasteiger partial charge in [0, 0.05) is 5.56 Å². The topological polar surface area (TPSA) is 84.2 Å². The van der Waals surface area contributed by atoms with E-state index < -0.39 is 6.04 Å². The number of halogens is 1. The number of hydrogen-bond acceptors (Lipinski definition) is 3. The van der Waals surface area contributed by atoms with Gasteiger partial charge in [-0.1, -0.05) is 45.0 Å². The van der Waals surface area contributed by atoms with E-state index in [2.05, 4.69) is 31.4 Å². The zero-order chi connectivity index (χ0) is 18.6. The number of carbonyl (C=O) groups is 2. The summed E-state index contributed by atoms with van der Waals surface area (Å²) in [7, 11) is 0. The van der Waals surface area contributed by atoms with Crippen LogP contribution in [0.1, 0.15) is 43.6 Å². The van der Waals surface area contributed by atoms with E-state index in [9.17, 15) is 9.59 Å². The van der Waals surface area contributed by atoms with Crippen LogP contribution in [0.4, 0.5) is 11.4 Å². The monoisotopic (exact) mass is 375 g/mol. The van der Waals surface area contributed by atoms with Crippen molar-refractivity contribution < 1.29 is 9.59 Å². The fourth-order valence-electron chi connectivity index (χ4n) is 2.26. The molecule has 0 aliphatic carbocycles. The highest BCUT2D eigenvalue weighted by molar-refractivity contribution is 6.07. The number of nitrogens with one attached hydrogen (secondary N) is 2. The van der Waals surface area contributed by atoms with Gasteiger partial charge in [0.2, 0.25) is 5.91 Å². The molecule has 0 bridgehead atoms. The number of nitrogens with two attached hydrogens (primary N) is 1. The molecule has 2 rings (SSSR count). The molecule has 2 aromatic rings. The predicted octanol–water partition coefficient (Wildman–Crippen LogP) is 3.94. The van der Waals surface area contributed by atoms with Crippen LogP contribution < -0.4 is 16.4 Å². The summed E-state index contributed by atoms with van der Waals surface area (Å²) in [6, 6.07) is 13.9. The zero-order valence-electron chi connectivity index (χ0n) is 15.5. The van der Waals surface area contributed by atoms with Crippen molar-refractivity contribution in [3.05, 3.63) is 59.7 Å². The molecule has 0 saturated carbocycles. The molecule has 1 atom stereocenters. The van der Waals surface area contributed by atoms with Crippen LogP contribution in [-0.4, -0.2) is 17.9 Å². The molecule has 2 amide bonds. The van der Waals surface area contributed by atoms with Crippen LogP contribution in [0, 0.1) is 0 Å². The van der Waals surface area contributed by atoms with Crippen LogP contribution in [0.2, 0.25) is 0 Å². The molecule has 0 spiro atoms. The van der Waals surface area contributed by atoms with Crippen LogP contribution in [0.5, 0.6) is 0 Å². The third-order valence-corrected chi connectivity index (χ3v) is 3.86. The van der Waals surface area contributed by atoms with E-state index in [0.717, 1.165) is 5.56 Å². The number of amides is 2. The Morgan fingerprint density at radius 1 is 0.923 bits per heavy atom. The first-order valence-corrected chi connectivity index (χ1v) is 8.26. The van der Waals surface area contributed by atoms with Crippen molar-refractivity contribution in [3.8, 4) is 0 Å². The average molecular weight is 376 g/mol. The van der Waals surface area contributed by atoms with Crippen molar-refractivity contribution >= 4 is 35.6 Å². The van der Waals surface area contributed by atoms with Crippen molar-refractivity contribution in [3.63, 3.8) is 0 Å². The second-order valence-electron chi connectivity index (χ2n) is 7.10. The Morgan fingerprint density at radius 2 is 1.42 bits per heavy atom. The van der Waals surface area contributed by atoms with Gasteiger partial charge in [-0.25, -0.2) is 0 Å². The predicted molar refractivity (Wildman–Crippen MR) is 109 cm³/mol. The second kappa shape index (κ2) is 8.83. The summed E-state index contributed by atoms with van der Waals surface area (Å²) in [4.78, 5) is 24.3. The van der Waals surface area contributed by atoms with Crippen molar-refractivity contribution in [1.82, 2.24) is 0 Å². The van der Waals surface area contributed by atoms with E-state index in [1.165, 1.54) is 0 Å². The Kier molecular flexibility index (Phi) is 7.36. The maximum atomic E-state index is 12.5. The smallest absolute Gasteiger partial charge is 0.255 e. The van der Waals surface area contributed by atoms with Crippen LogP contribution in [0.25, 0.3) is 0 Å². The largest absolute Gasteiger partial charge is 0.323 e. The maximum Gasteiger partial charge on any atom is 0.255 e. The van der Waals surface area contributed by atoms with Crippen LogP contribution in [-0.2, 0) is 10.2 Å². The molecular formula is C20H26ClN3O2. The van der Waals surface area contributed by atoms with Crippen molar-refractivity contribution in [2.45, 2.75) is 39.2 Å². The normalized spacial score (nSPS) is 11.9. The number of rotatable bonds is 4. The molecule has 4 N–H and O–H groups in total. The van der Waals surface area contributed by atoms with Gasteiger partial charge in [0.05, 0.1) is 17.4 Å². The Balaban J connectivity index is 0.00000338. The Hall–Kier alpha value is -2.37. The average Bonchev–Trinajstić information content (AvgIpc) is 2.55. The molecule has 5 nitrogen and oxygen atoms in total. The van der Waals surface area contributed by atoms with Crippen molar-refractivity contribution in [1.29, 1.82) is 0 Å². The van der Waals surface area contributed by atoms with Crippen LogP contribution in [0.3, 0.4) is 0 Å². The lowest BCUT2D eigenvalue weighted by atomic mass is 9.87. The van der Waals surface area contributed by atoms with Gasteiger partial charge in [-0.2, -0.15) is 0 Å². The minimum absolute atomic E-state index is 0. The fourth-order valence-corrected chi connectivity index (χ4v) is 2.26. The molecule has 2 aromatic carbocycles. The van der Waals surface area contributed by atoms with E-state index in [1.807, 2.05) is 12.1 Å². The molecule has 26 heavy (non-hydrogen) atoms. The summed E-state index contributed by atoms with van der Waals surface area (Å²) in [5, 5.41) is 5.55. The van der Waals surface area contributed by atoms with Gasteiger partial charge in [-0.15, -0.1) is 12.4 Å². The summed E-state index contributed by atoms with van der Waals surface area (Å²) in [6.45, 7) is 7.98. The molecule has 0 unspecified atom stereocenters. The molecule has 0 saturated heterocycles. The van der Waals surface area contributed by atoms with Gasteiger partial charge in [0.1, 0.15) is 0 Å². The number of benzene rings is 2. The third-order valence-electron chi connectivity index (χ3n) is 3.86. The second-order valence-corrected chi connectivity index (χ2v) is 7.10. The standard InChI is InChI=1S/C20H25N3O2.ClH/c1-13(21)18(24)22-16-7-5-6-8-17(16)23-19(25)14-9-11-15(12-10-14)20(2,3)4;/h5-13H,21H2,1-4H3,(H,22,24)(H,23,25);1H/t13-;/m0./s1. The number of anilines is 2. The maximum absolute atomic E-state index is 12.5. The minimum atomic E-state index is -0.631. The molecule has 0 heterocycles. The highest BCUT2D eigenvalue weighted by Gasteiger charge is 2.15. The van der Waals surface area contributed by atoms with E-state index in [4.69, 9.17) is 5.73 Å². The number of carbonyl (C=O) groups excluding carboxylic acids is 2. The van der Waals surface area contributed by atoms with Gasteiger partial charge in [0.15, 0.2) is 0 Å². The van der Waals surface area contributed by atoms with Crippen LogP contribution in [0.15, 0.2) is 48.5 Å². The molecule has 6 heteroatoms. The summed E-state index contributed by atoms with van der Waals surface area (Å²) in [5.74, 6) is -0.542. The Bertz CT molecular complexity index is 765. The first kappa shape index (κ1) is 21.7. The quantitative estimate of drug-likeness (QED) is 0.756. The van der Waals surface area contributed by atoms with Gasteiger partial charge in [0.25, 0.3) is 5.91 Å². The highest BCUT2D eigenvalue weighted by Crippen LogP contribution is 2.24. The fraction of sp³-hybridized carbons (Fsp3) is 0.300. The Morgan fingerprint density at radius 3 is 1.88 bits per heavy atom. The van der Waals surface area contributed by atoms with Gasteiger partial charge in [-0.05, 0) is 42.2 Å². The highest BCUT2D eigenvalue weighted by atomic mass is 35.5. The summed E-state index contributed by atoms with van der Waals surface area (Å²) < 4.78 is 0. The molecule has 0 radical (unpaired) electrons. The first-order valence-electron chi connectivity index (χ1n) is 8.26. The van der Waals surface area contributed by atoms with Crippen molar-refractivity contribution in [2.75, 3.05) is 10.6 Å². The summed E-state index contributed by atoms with van der Waals surface area (Å²) >= 11 is 0.